The normalized spacial score (nSPS) is 26.3. The fraction of sp³-hybridized carbons (Fsp3) is 0.821. The van der Waals surface area contributed by atoms with Gasteiger partial charge >= 0.3 is 6.03 Å². The van der Waals surface area contributed by atoms with Crippen molar-refractivity contribution >= 4 is 39.4 Å². The zero-order chi connectivity index (χ0) is 38.9. The van der Waals surface area contributed by atoms with Crippen LogP contribution in [0, 0.1) is 34.0 Å². The molecule has 5 rings (SSSR count). The third kappa shape index (κ3) is 9.70. The maximum Gasteiger partial charge on any atom is 0.315 e. The van der Waals surface area contributed by atoms with Crippen molar-refractivity contribution in [2.75, 3.05) is 39.5 Å². The molecule has 14 heteroatoms. The lowest BCUT2D eigenvalue weighted by atomic mass is 9.70. The number of likely N-dealkylation sites (tertiary alicyclic amines) is 1. The summed E-state index contributed by atoms with van der Waals surface area (Å²) < 4.78 is 25.8. The van der Waals surface area contributed by atoms with Crippen LogP contribution in [-0.2, 0) is 29.2 Å². The number of nitrogens with one attached hydrogen (secondary N) is 4. The van der Waals surface area contributed by atoms with E-state index < -0.39 is 68.5 Å². The molecule has 4 saturated carbocycles. The number of likely N-dealkylation sites (N-methyl/N-ethyl adjacent to an activating group) is 1. The predicted octanol–water partition coefficient (Wildman–Crippen LogP) is 3.15. The van der Waals surface area contributed by atoms with Crippen LogP contribution in [0.15, 0.2) is 12.7 Å². The van der Waals surface area contributed by atoms with E-state index in [1.807, 2.05) is 27.7 Å². The van der Waals surface area contributed by atoms with Crippen LogP contribution < -0.4 is 21.3 Å². The van der Waals surface area contributed by atoms with Crippen molar-refractivity contribution in [3.05, 3.63) is 12.7 Å². The first-order chi connectivity index (χ1) is 24.8. The van der Waals surface area contributed by atoms with Gasteiger partial charge in [0, 0.05) is 32.7 Å². The van der Waals surface area contributed by atoms with Crippen molar-refractivity contribution in [1.29, 1.82) is 0 Å². The Labute approximate surface area is 316 Å². The molecule has 0 radical (unpaired) electrons. The Morgan fingerprint density at radius 1 is 0.962 bits per heavy atom. The third-order valence-electron chi connectivity index (χ3n) is 13.2. The lowest BCUT2D eigenvalue weighted by molar-refractivity contribution is -0.145. The summed E-state index contributed by atoms with van der Waals surface area (Å²) in [6.45, 7) is 12.1. The van der Waals surface area contributed by atoms with Crippen LogP contribution in [0.1, 0.15) is 105 Å². The fourth-order valence-electron chi connectivity index (χ4n) is 9.26. The maximum atomic E-state index is 15.1. The van der Waals surface area contributed by atoms with Crippen molar-refractivity contribution in [1.82, 2.24) is 30.5 Å². The first kappa shape index (κ1) is 41.3. The number of amides is 4. The molecule has 5 fully saturated rings. The molecule has 0 aromatic heterocycles. The van der Waals surface area contributed by atoms with Crippen LogP contribution in [0.25, 0.3) is 0 Å². The molecule has 0 aromatic rings. The van der Waals surface area contributed by atoms with Gasteiger partial charge in [-0.25, -0.2) is 17.5 Å². The van der Waals surface area contributed by atoms with Crippen molar-refractivity contribution in [3.63, 3.8) is 0 Å². The Bertz CT molecular complexity index is 1530. The van der Waals surface area contributed by atoms with E-state index >= 15 is 4.79 Å². The highest BCUT2D eigenvalue weighted by molar-refractivity contribution is 7.88. The van der Waals surface area contributed by atoms with Crippen LogP contribution in [0.4, 0.5) is 4.79 Å². The first-order valence-corrected chi connectivity index (χ1v) is 21.6. The summed E-state index contributed by atoms with van der Waals surface area (Å²) in [7, 11) is -2.03. The third-order valence-corrected chi connectivity index (χ3v) is 14.5. The standard InChI is InChI=1S/C39H64N6O7S/c1-8-20-40-22-29(46)32(47)28(21-25-12-13-25)41-34(48)31-26-14-17-39(18-19-39)27(26)23-45(31)35(49)33(38(5)15-10-9-11-16-38)43-36(50)42-30(37(2,3)4)24-44(6)53(7,51)52/h8,25-28,30-31,33,40H,1,9-24H2,2-7H3,(H,41,48)(H2,42,43,50)/t26-,27-,28?,30+,31?,33+/m0/s1. The van der Waals surface area contributed by atoms with Gasteiger partial charge < -0.3 is 26.2 Å². The van der Waals surface area contributed by atoms with E-state index in [0.717, 1.165) is 76.9 Å². The minimum Gasteiger partial charge on any atom is -0.344 e. The molecule has 1 saturated heterocycles. The average molecular weight is 761 g/mol. The smallest absolute Gasteiger partial charge is 0.315 e. The molecular weight excluding hydrogens is 697 g/mol. The topological polar surface area (TPSA) is 174 Å². The number of carbonyl (C=O) groups excluding carboxylic acids is 5. The number of Topliss-reactive ketones (excluding diaryl/α,β-unsaturated/α-hetero) is 2. The van der Waals surface area contributed by atoms with Gasteiger partial charge in [-0.15, -0.1) is 6.58 Å². The summed E-state index contributed by atoms with van der Waals surface area (Å²) >= 11 is 0. The van der Waals surface area contributed by atoms with E-state index in [1.165, 1.54) is 11.4 Å². The number of carbonyl (C=O) groups is 5. The van der Waals surface area contributed by atoms with Gasteiger partial charge in [0.2, 0.25) is 33.4 Å². The average Bonchev–Trinajstić information content (AvgIpc) is 4.00. The summed E-state index contributed by atoms with van der Waals surface area (Å²) in [4.78, 5) is 71.6. The summed E-state index contributed by atoms with van der Waals surface area (Å²) in [5.74, 6) is -1.58. The van der Waals surface area contributed by atoms with E-state index in [1.54, 1.807) is 11.0 Å². The Morgan fingerprint density at radius 2 is 1.62 bits per heavy atom. The largest absolute Gasteiger partial charge is 0.344 e. The van der Waals surface area contributed by atoms with Gasteiger partial charge in [-0.1, -0.05) is 65.9 Å². The fourth-order valence-corrected chi connectivity index (χ4v) is 9.67. The van der Waals surface area contributed by atoms with Crippen LogP contribution in [0.5, 0.6) is 0 Å². The molecule has 6 atom stereocenters. The highest BCUT2D eigenvalue weighted by atomic mass is 32.2. The monoisotopic (exact) mass is 760 g/mol. The molecule has 53 heavy (non-hydrogen) atoms. The number of rotatable bonds is 17. The molecule has 298 valence electrons. The van der Waals surface area contributed by atoms with E-state index in [2.05, 4.69) is 27.8 Å². The second-order valence-electron chi connectivity index (χ2n) is 18.3. The summed E-state index contributed by atoms with van der Waals surface area (Å²) in [6.07, 6.45) is 13.3. The Kier molecular flexibility index (Phi) is 12.6. The highest BCUT2D eigenvalue weighted by Gasteiger charge is 2.64. The highest BCUT2D eigenvalue weighted by Crippen LogP contribution is 2.66. The van der Waals surface area contributed by atoms with Crippen molar-refractivity contribution < 1.29 is 32.4 Å². The molecule has 1 spiro atoms. The quantitative estimate of drug-likeness (QED) is 0.0995. The molecule has 0 aromatic carbocycles. The molecule has 1 aliphatic heterocycles. The number of hydrogen-bond donors (Lipinski definition) is 4. The van der Waals surface area contributed by atoms with Crippen LogP contribution in [-0.4, -0.2) is 111 Å². The molecule has 13 nitrogen and oxygen atoms in total. The first-order valence-electron chi connectivity index (χ1n) is 19.8. The minimum atomic E-state index is -3.51. The van der Waals surface area contributed by atoms with Gasteiger partial charge in [0.25, 0.3) is 0 Å². The second kappa shape index (κ2) is 16.1. The zero-order valence-corrected chi connectivity index (χ0v) is 33.6. The van der Waals surface area contributed by atoms with Gasteiger partial charge in [-0.05, 0) is 78.9 Å². The Balaban J connectivity index is 1.41. The Hall–Kier alpha value is -2.84. The molecule has 4 N–H and O–H groups in total. The summed E-state index contributed by atoms with van der Waals surface area (Å²) in [6, 6.07) is -3.83. The van der Waals surface area contributed by atoms with E-state index in [0.29, 0.717) is 19.5 Å². The number of nitrogens with zero attached hydrogens (tertiary/aromatic N) is 2. The van der Waals surface area contributed by atoms with Crippen molar-refractivity contribution in [3.8, 4) is 0 Å². The molecule has 1 heterocycles. The zero-order valence-electron chi connectivity index (χ0n) is 32.8. The molecule has 0 bridgehead atoms. The summed E-state index contributed by atoms with van der Waals surface area (Å²) in [5, 5.41) is 11.9. The second-order valence-corrected chi connectivity index (χ2v) is 20.4. The lowest BCUT2D eigenvalue weighted by Gasteiger charge is -2.43. The number of fused-ring (bicyclic) bond motifs is 2. The van der Waals surface area contributed by atoms with Crippen LogP contribution >= 0.6 is 0 Å². The molecule has 2 unspecified atom stereocenters. The van der Waals surface area contributed by atoms with Crippen LogP contribution in [0.3, 0.4) is 0 Å². The van der Waals surface area contributed by atoms with Gasteiger partial charge in [-0.2, -0.15) is 0 Å². The number of sulfonamides is 1. The molecular formula is C39H64N6O7S. The van der Waals surface area contributed by atoms with E-state index in [9.17, 15) is 27.6 Å². The number of hydrogen-bond acceptors (Lipinski definition) is 8. The molecule has 4 aliphatic carbocycles. The minimum absolute atomic E-state index is 0.0546. The Morgan fingerprint density at radius 3 is 2.19 bits per heavy atom. The van der Waals surface area contributed by atoms with Gasteiger partial charge in [-0.3, -0.25) is 19.2 Å². The van der Waals surface area contributed by atoms with Crippen molar-refractivity contribution in [2.24, 2.45) is 34.0 Å². The van der Waals surface area contributed by atoms with Gasteiger partial charge in [0.1, 0.15) is 12.1 Å². The predicted molar refractivity (Wildman–Crippen MR) is 203 cm³/mol. The van der Waals surface area contributed by atoms with Gasteiger partial charge in [0.15, 0.2) is 0 Å². The number of ketones is 2. The summed E-state index contributed by atoms with van der Waals surface area (Å²) in [5.41, 5.74) is -0.954. The van der Waals surface area contributed by atoms with Crippen LogP contribution in [0.2, 0.25) is 0 Å². The maximum absolute atomic E-state index is 15.1. The lowest BCUT2D eigenvalue weighted by Crippen LogP contribution is -2.63. The van der Waals surface area contributed by atoms with E-state index in [-0.39, 0.29) is 42.2 Å². The van der Waals surface area contributed by atoms with Gasteiger partial charge in [0.05, 0.1) is 18.8 Å². The SMILES string of the molecule is C=CCNCC(=O)C(=O)C(CC1CC1)NC(=O)C1[C@H]2CCC3(CC3)[C@H]2CN1C(=O)[C@@H](NC(=O)N[C@H](CN(C)S(C)(=O)=O)C(C)(C)C)C1(C)CCCCC1. The molecule has 4 amide bonds. The molecule has 5 aliphatic rings. The van der Waals surface area contributed by atoms with Crippen molar-refractivity contribution in [2.45, 2.75) is 129 Å². The van der Waals surface area contributed by atoms with E-state index in [4.69, 9.17) is 0 Å². The number of urea groups is 1.